The zero-order valence-corrected chi connectivity index (χ0v) is 13.3. The van der Waals surface area contributed by atoms with Gasteiger partial charge in [-0.3, -0.25) is 0 Å². The maximum absolute atomic E-state index is 9.90. The van der Waals surface area contributed by atoms with Crippen molar-refractivity contribution in [3.8, 4) is 0 Å². The average Bonchev–Trinajstić information content (AvgIpc) is 3.10. The molecule has 2 N–H and O–H groups in total. The van der Waals surface area contributed by atoms with E-state index in [0.717, 1.165) is 49.4 Å². The van der Waals surface area contributed by atoms with Crippen molar-refractivity contribution < 1.29 is 10.2 Å². The highest BCUT2D eigenvalue weighted by Gasteiger charge is 2.58. The smallest absolute Gasteiger partial charge is 0.0540 e. The van der Waals surface area contributed by atoms with Crippen LogP contribution in [0, 0.1) is 29.1 Å². The Labute approximate surface area is 129 Å². The first-order chi connectivity index (χ1) is 10.2. The molecule has 4 aliphatic carbocycles. The van der Waals surface area contributed by atoms with Crippen molar-refractivity contribution in [1.82, 2.24) is 0 Å². The van der Waals surface area contributed by atoms with Crippen LogP contribution < -0.4 is 0 Å². The van der Waals surface area contributed by atoms with Gasteiger partial charge in [-0.25, -0.2) is 0 Å². The van der Waals surface area contributed by atoms with Gasteiger partial charge in [-0.1, -0.05) is 6.42 Å². The second-order valence-corrected chi connectivity index (χ2v) is 8.70. The lowest BCUT2D eigenvalue weighted by molar-refractivity contribution is -0.0567. The quantitative estimate of drug-likeness (QED) is 0.810. The van der Waals surface area contributed by atoms with E-state index in [4.69, 9.17) is 0 Å². The summed E-state index contributed by atoms with van der Waals surface area (Å²) < 4.78 is 0. The third-order valence-electron chi connectivity index (χ3n) is 7.86. The van der Waals surface area contributed by atoms with E-state index in [1.54, 1.807) is 0 Å². The second-order valence-electron chi connectivity index (χ2n) is 8.70. The normalized spacial score (nSPS) is 54.0. The Bertz CT molecular complexity index is 342. The Balaban J connectivity index is 1.57. The Hall–Kier alpha value is -0.0800. The van der Waals surface area contributed by atoms with E-state index in [-0.39, 0.29) is 12.2 Å². The zero-order chi connectivity index (χ0) is 14.4. The van der Waals surface area contributed by atoms with Crippen LogP contribution in [0.5, 0.6) is 0 Å². The maximum atomic E-state index is 9.90. The van der Waals surface area contributed by atoms with Crippen LogP contribution in [0.3, 0.4) is 0 Å². The molecule has 0 aromatic rings. The molecule has 2 atom stereocenters. The Morgan fingerprint density at radius 3 is 1.43 bits per heavy atom. The van der Waals surface area contributed by atoms with E-state index in [0.29, 0.717) is 5.41 Å². The Kier molecular flexibility index (Phi) is 3.82. The van der Waals surface area contributed by atoms with Gasteiger partial charge in [-0.15, -0.1) is 0 Å². The predicted molar refractivity (Wildman–Crippen MR) is 83.8 cm³/mol. The second kappa shape index (κ2) is 5.53. The Morgan fingerprint density at radius 2 is 1.05 bits per heavy atom. The molecule has 21 heavy (non-hydrogen) atoms. The summed E-state index contributed by atoms with van der Waals surface area (Å²) in [6.07, 6.45) is 15.1. The third kappa shape index (κ3) is 2.37. The summed E-state index contributed by atoms with van der Waals surface area (Å²) >= 11 is 0. The van der Waals surface area contributed by atoms with Gasteiger partial charge in [0, 0.05) is 0 Å². The molecular formula is C19H32O2. The molecule has 2 nitrogen and oxygen atoms in total. The van der Waals surface area contributed by atoms with Crippen LogP contribution in [0.25, 0.3) is 0 Å². The lowest BCUT2D eigenvalue weighted by Gasteiger charge is -2.53. The summed E-state index contributed by atoms with van der Waals surface area (Å²) in [4.78, 5) is 0. The molecular weight excluding hydrogens is 260 g/mol. The van der Waals surface area contributed by atoms with Gasteiger partial charge >= 0.3 is 0 Å². The summed E-state index contributed by atoms with van der Waals surface area (Å²) in [5.74, 6) is 3.73. The van der Waals surface area contributed by atoms with Crippen molar-refractivity contribution in [2.24, 2.45) is 29.1 Å². The molecule has 0 aromatic heterocycles. The highest BCUT2D eigenvalue weighted by Crippen LogP contribution is 2.66. The predicted octanol–water partition coefficient (Wildman–Crippen LogP) is 3.90. The van der Waals surface area contributed by atoms with Gasteiger partial charge in [0.1, 0.15) is 0 Å². The van der Waals surface area contributed by atoms with E-state index >= 15 is 0 Å². The average molecular weight is 292 g/mol. The molecule has 0 radical (unpaired) electrons. The zero-order valence-electron chi connectivity index (χ0n) is 13.3. The topological polar surface area (TPSA) is 40.5 Å². The number of aliphatic hydroxyl groups is 2. The fourth-order valence-corrected chi connectivity index (χ4v) is 6.98. The minimum absolute atomic E-state index is 0.0231. The summed E-state index contributed by atoms with van der Waals surface area (Å²) in [5, 5.41) is 19.8. The van der Waals surface area contributed by atoms with Crippen LogP contribution in [-0.4, -0.2) is 22.4 Å². The Morgan fingerprint density at radius 1 is 0.571 bits per heavy atom. The van der Waals surface area contributed by atoms with Gasteiger partial charge in [0.2, 0.25) is 0 Å². The molecule has 120 valence electrons. The number of hydrogen-bond donors (Lipinski definition) is 2. The van der Waals surface area contributed by atoms with E-state index in [9.17, 15) is 10.2 Å². The molecule has 0 spiro atoms. The minimum Gasteiger partial charge on any atom is -0.393 e. The van der Waals surface area contributed by atoms with Crippen LogP contribution in [0.4, 0.5) is 0 Å². The molecule has 0 heterocycles. The summed E-state index contributed by atoms with van der Waals surface area (Å²) in [7, 11) is 0. The van der Waals surface area contributed by atoms with E-state index in [1.165, 1.54) is 51.4 Å². The lowest BCUT2D eigenvalue weighted by Crippen LogP contribution is -2.46. The molecule has 4 fully saturated rings. The van der Waals surface area contributed by atoms with Crippen molar-refractivity contribution in [3.05, 3.63) is 0 Å². The van der Waals surface area contributed by atoms with Crippen molar-refractivity contribution in [3.63, 3.8) is 0 Å². The van der Waals surface area contributed by atoms with Gasteiger partial charge < -0.3 is 10.2 Å². The fourth-order valence-electron chi connectivity index (χ4n) is 6.98. The molecule has 0 saturated heterocycles. The van der Waals surface area contributed by atoms with Crippen LogP contribution in [-0.2, 0) is 0 Å². The fraction of sp³-hybridized carbons (Fsp3) is 1.00. The van der Waals surface area contributed by atoms with Crippen molar-refractivity contribution in [2.45, 2.75) is 89.3 Å². The molecule has 2 unspecified atom stereocenters. The molecule has 2 heteroatoms. The van der Waals surface area contributed by atoms with Crippen LogP contribution in [0.1, 0.15) is 77.0 Å². The molecule has 4 aliphatic rings. The van der Waals surface area contributed by atoms with E-state index in [2.05, 4.69) is 0 Å². The highest BCUT2D eigenvalue weighted by molar-refractivity contribution is 5.07. The largest absolute Gasteiger partial charge is 0.393 e. The molecule has 0 amide bonds. The first-order valence-corrected chi connectivity index (χ1v) is 9.54. The molecule has 4 saturated carbocycles. The van der Waals surface area contributed by atoms with Crippen molar-refractivity contribution in [1.29, 1.82) is 0 Å². The lowest BCUT2D eigenvalue weighted by atomic mass is 9.52. The number of rotatable bonds is 2. The van der Waals surface area contributed by atoms with Gasteiger partial charge in [0.05, 0.1) is 12.2 Å². The van der Waals surface area contributed by atoms with Crippen molar-refractivity contribution >= 4 is 0 Å². The minimum atomic E-state index is -0.0231. The van der Waals surface area contributed by atoms with Crippen LogP contribution in [0.15, 0.2) is 0 Å². The van der Waals surface area contributed by atoms with E-state index in [1.807, 2.05) is 0 Å². The van der Waals surface area contributed by atoms with E-state index < -0.39 is 0 Å². The molecule has 4 rings (SSSR count). The SMILES string of the molecule is OC1CCC(C2(C3CCC(O)CC3)CC3CCC2C3)CC1. The van der Waals surface area contributed by atoms with Gasteiger partial charge in [-0.05, 0) is 99.7 Å². The number of hydrogen-bond acceptors (Lipinski definition) is 2. The number of aliphatic hydroxyl groups excluding tert-OH is 2. The summed E-state index contributed by atoms with van der Waals surface area (Å²) in [6.45, 7) is 0. The molecule has 2 bridgehead atoms. The monoisotopic (exact) mass is 292 g/mol. The molecule has 0 aromatic carbocycles. The van der Waals surface area contributed by atoms with Crippen LogP contribution >= 0.6 is 0 Å². The number of fused-ring (bicyclic) bond motifs is 2. The summed E-state index contributed by atoms with van der Waals surface area (Å²) in [6, 6.07) is 0. The first-order valence-electron chi connectivity index (χ1n) is 9.54. The van der Waals surface area contributed by atoms with Gasteiger partial charge in [0.25, 0.3) is 0 Å². The maximum Gasteiger partial charge on any atom is 0.0540 e. The third-order valence-corrected chi connectivity index (χ3v) is 7.86. The van der Waals surface area contributed by atoms with Gasteiger partial charge in [0.15, 0.2) is 0 Å². The molecule has 0 aliphatic heterocycles. The van der Waals surface area contributed by atoms with Crippen molar-refractivity contribution in [2.75, 3.05) is 0 Å². The van der Waals surface area contributed by atoms with Gasteiger partial charge in [-0.2, -0.15) is 0 Å². The standard InChI is InChI=1S/C19H32O2/c20-17-7-3-14(4-8-17)19(12-13-1-2-16(19)11-13)15-5-9-18(21)10-6-15/h13-18,20-21H,1-12H2. The van der Waals surface area contributed by atoms with Crippen LogP contribution in [0.2, 0.25) is 0 Å². The highest BCUT2D eigenvalue weighted by atomic mass is 16.3. The summed E-state index contributed by atoms with van der Waals surface area (Å²) in [5.41, 5.74) is 0.600. The first kappa shape index (κ1) is 14.5.